The average Bonchev–Trinajstić information content (AvgIpc) is 2.93. The molecule has 0 radical (unpaired) electrons. The number of carbonyl (C=O) groups is 1. The number of rotatable bonds is 3. The van der Waals surface area contributed by atoms with E-state index in [4.69, 9.17) is 11.6 Å². The van der Waals surface area contributed by atoms with Gasteiger partial charge in [0.25, 0.3) is 0 Å². The first-order valence-corrected chi connectivity index (χ1v) is 7.42. The molecule has 6 nitrogen and oxygen atoms in total. The summed E-state index contributed by atoms with van der Waals surface area (Å²) in [5, 5.41) is 11.2. The number of anilines is 1. The highest BCUT2D eigenvalue weighted by Crippen LogP contribution is 2.15. The minimum Gasteiger partial charge on any atom is -0.331 e. The molecule has 0 aliphatic heterocycles. The van der Waals surface area contributed by atoms with Gasteiger partial charge in [0.1, 0.15) is 5.01 Å². The van der Waals surface area contributed by atoms with Gasteiger partial charge in [-0.25, -0.2) is 14.3 Å². The van der Waals surface area contributed by atoms with E-state index in [0.29, 0.717) is 17.3 Å². The van der Waals surface area contributed by atoms with Gasteiger partial charge in [-0.3, -0.25) is 0 Å². The number of carbonyl (C=O) groups excluding carboxylic acids is 1. The van der Waals surface area contributed by atoms with E-state index in [2.05, 4.69) is 20.7 Å². The van der Waals surface area contributed by atoms with E-state index in [1.54, 1.807) is 28.8 Å². The van der Waals surface area contributed by atoms with Crippen LogP contribution in [0.25, 0.3) is 4.96 Å². The van der Waals surface area contributed by atoms with Crippen molar-refractivity contribution < 1.29 is 4.79 Å². The van der Waals surface area contributed by atoms with Gasteiger partial charge < -0.3 is 10.6 Å². The average molecular weight is 322 g/mol. The number of urea groups is 1. The first kappa shape index (κ1) is 13.8. The molecule has 2 heterocycles. The summed E-state index contributed by atoms with van der Waals surface area (Å²) in [6.07, 6.45) is 1.85. The molecule has 2 aromatic heterocycles. The summed E-state index contributed by atoms with van der Waals surface area (Å²) in [6.45, 7) is 2.26. The van der Waals surface area contributed by atoms with Crippen LogP contribution in [0.5, 0.6) is 0 Å². The highest BCUT2D eigenvalue weighted by atomic mass is 35.5. The van der Waals surface area contributed by atoms with Crippen molar-refractivity contribution in [3.63, 3.8) is 0 Å². The number of halogens is 1. The first-order chi connectivity index (χ1) is 10.1. The molecule has 0 fully saturated rings. The Morgan fingerprint density at radius 3 is 3.10 bits per heavy atom. The molecule has 108 valence electrons. The topological polar surface area (TPSA) is 71.3 Å². The van der Waals surface area contributed by atoms with Crippen LogP contribution in [-0.4, -0.2) is 20.6 Å². The Balaban J connectivity index is 1.59. The van der Waals surface area contributed by atoms with Crippen LogP contribution in [0.4, 0.5) is 10.5 Å². The van der Waals surface area contributed by atoms with Crippen molar-refractivity contribution >= 4 is 39.6 Å². The number of aryl methyl sites for hydroxylation is 1. The lowest BCUT2D eigenvalue weighted by Crippen LogP contribution is -2.28. The number of fused-ring (bicyclic) bond motifs is 1. The Kier molecular flexibility index (Phi) is 3.76. The van der Waals surface area contributed by atoms with Gasteiger partial charge in [0, 0.05) is 10.7 Å². The van der Waals surface area contributed by atoms with Crippen LogP contribution in [0.2, 0.25) is 5.02 Å². The van der Waals surface area contributed by atoms with Crippen molar-refractivity contribution in [2.45, 2.75) is 13.5 Å². The summed E-state index contributed by atoms with van der Waals surface area (Å²) in [6, 6.07) is 6.67. The molecule has 2 amide bonds. The predicted molar refractivity (Wildman–Crippen MR) is 82.9 cm³/mol. The van der Waals surface area contributed by atoms with Crippen LogP contribution in [0.15, 0.2) is 30.5 Å². The largest absolute Gasteiger partial charge is 0.331 e. The number of hydrogen-bond acceptors (Lipinski definition) is 4. The molecule has 3 aromatic rings. The van der Waals surface area contributed by atoms with Crippen LogP contribution >= 0.6 is 22.9 Å². The summed E-state index contributed by atoms with van der Waals surface area (Å²) in [5.74, 6) is 0. The molecule has 0 aliphatic rings. The summed E-state index contributed by atoms with van der Waals surface area (Å²) in [5.41, 5.74) is 1.57. The summed E-state index contributed by atoms with van der Waals surface area (Å²) < 4.78 is 1.71. The van der Waals surface area contributed by atoms with Crippen molar-refractivity contribution in [1.29, 1.82) is 0 Å². The Morgan fingerprint density at radius 1 is 1.48 bits per heavy atom. The van der Waals surface area contributed by atoms with Gasteiger partial charge in [-0.05, 0) is 25.1 Å². The minimum atomic E-state index is -0.304. The third-order valence-electron chi connectivity index (χ3n) is 2.69. The second-order valence-electron chi connectivity index (χ2n) is 4.42. The van der Waals surface area contributed by atoms with E-state index >= 15 is 0 Å². The summed E-state index contributed by atoms with van der Waals surface area (Å²) in [7, 11) is 0. The molecule has 0 bridgehead atoms. The molecular weight excluding hydrogens is 310 g/mol. The number of benzene rings is 1. The second-order valence-corrected chi connectivity index (χ2v) is 5.90. The van der Waals surface area contributed by atoms with Gasteiger partial charge in [0.2, 0.25) is 4.96 Å². The molecule has 0 aliphatic carbocycles. The van der Waals surface area contributed by atoms with Crippen molar-refractivity contribution in [2.75, 3.05) is 5.32 Å². The van der Waals surface area contributed by atoms with Gasteiger partial charge in [-0.1, -0.05) is 29.0 Å². The molecule has 21 heavy (non-hydrogen) atoms. The highest BCUT2D eigenvalue weighted by Gasteiger charge is 2.08. The molecule has 0 saturated heterocycles. The summed E-state index contributed by atoms with van der Waals surface area (Å²) in [4.78, 5) is 16.9. The highest BCUT2D eigenvalue weighted by molar-refractivity contribution is 7.16. The molecule has 3 rings (SSSR count). The predicted octanol–water partition coefficient (Wildman–Crippen LogP) is 3.07. The third-order valence-corrected chi connectivity index (χ3v) is 3.85. The van der Waals surface area contributed by atoms with Crippen LogP contribution in [0.1, 0.15) is 10.7 Å². The monoisotopic (exact) mass is 321 g/mol. The number of nitrogens with zero attached hydrogens (tertiary/aromatic N) is 3. The van der Waals surface area contributed by atoms with Crippen LogP contribution in [0, 0.1) is 6.92 Å². The molecule has 2 N–H and O–H groups in total. The van der Waals surface area contributed by atoms with Gasteiger partial charge in [-0.2, -0.15) is 5.10 Å². The molecular formula is C13H12ClN5OS. The zero-order chi connectivity index (χ0) is 14.8. The SMILES string of the molecule is Cc1cn2nc(CNC(=O)Nc3cccc(Cl)c3)sc2n1. The van der Waals surface area contributed by atoms with Crippen molar-refractivity contribution in [2.24, 2.45) is 0 Å². The number of amides is 2. The standard InChI is InChI=1S/C13H12ClN5OS/c1-8-7-19-13(16-8)21-11(18-19)6-15-12(20)17-10-4-2-3-9(14)5-10/h2-5,7H,6H2,1H3,(H2,15,17,20). The maximum atomic E-state index is 11.8. The lowest BCUT2D eigenvalue weighted by Gasteiger charge is -2.06. The number of hydrogen-bond donors (Lipinski definition) is 2. The van der Waals surface area contributed by atoms with E-state index in [0.717, 1.165) is 15.7 Å². The van der Waals surface area contributed by atoms with Crippen molar-refractivity contribution in [3.8, 4) is 0 Å². The fraction of sp³-hybridized carbons (Fsp3) is 0.154. The maximum Gasteiger partial charge on any atom is 0.319 e. The minimum absolute atomic E-state index is 0.304. The fourth-order valence-electron chi connectivity index (χ4n) is 1.82. The van der Waals surface area contributed by atoms with E-state index < -0.39 is 0 Å². The molecule has 0 saturated carbocycles. The van der Waals surface area contributed by atoms with E-state index in [-0.39, 0.29) is 6.03 Å². The molecule has 0 spiro atoms. The third kappa shape index (κ3) is 3.32. The van der Waals surface area contributed by atoms with Gasteiger partial charge in [0.15, 0.2) is 0 Å². The van der Waals surface area contributed by atoms with Gasteiger partial charge in [-0.15, -0.1) is 0 Å². The Bertz CT molecular complexity index is 765. The number of imidazole rings is 1. The summed E-state index contributed by atoms with van der Waals surface area (Å²) >= 11 is 7.30. The zero-order valence-electron chi connectivity index (χ0n) is 11.1. The molecule has 0 unspecified atom stereocenters. The fourth-order valence-corrected chi connectivity index (χ4v) is 2.87. The lowest BCUT2D eigenvalue weighted by molar-refractivity contribution is 0.251. The zero-order valence-corrected chi connectivity index (χ0v) is 12.7. The Morgan fingerprint density at radius 2 is 2.33 bits per heavy atom. The molecule has 8 heteroatoms. The smallest absolute Gasteiger partial charge is 0.319 e. The van der Waals surface area contributed by atoms with Crippen LogP contribution < -0.4 is 10.6 Å². The Labute approximate surface area is 129 Å². The van der Waals surface area contributed by atoms with Crippen LogP contribution in [0.3, 0.4) is 0 Å². The van der Waals surface area contributed by atoms with E-state index in [1.807, 2.05) is 13.1 Å². The van der Waals surface area contributed by atoms with Crippen molar-refractivity contribution in [1.82, 2.24) is 19.9 Å². The van der Waals surface area contributed by atoms with Gasteiger partial charge >= 0.3 is 6.03 Å². The Hall–Kier alpha value is -2.12. The van der Waals surface area contributed by atoms with Gasteiger partial charge in [0.05, 0.1) is 18.4 Å². The molecule has 1 aromatic carbocycles. The normalized spacial score (nSPS) is 10.8. The second kappa shape index (κ2) is 5.71. The van der Waals surface area contributed by atoms with E-state index in [9.17, 15) is 4.79 Å². The maximum absolute atomic E-state index is 11.8. The quantitative estimate of drug-likeness (QED) is 0.778. The number of nitrogens with one attached hydrogen (secondary N) is 2. The molecule has 0 atom stereocenters. The van der Waals surface area contributed by atoms with Crippen LogP contribution in [-0.2, 0) is 6.54 Å². The first-order valence-electron chi connectivity index (χ1n) is 6.22. The number of aromatic nitrogens is 3. The lowest BCUT2D eigenvalue weighted by atomic mass is 10.3. The van der Waals surface area contributed by atoms with E-state index in [1.165, 1.54) is 11.3 Å². The van der Waals surface area contributed by atoms with Crippen molar-refractivity contribution in [3.05, 3.63) is 46.2 Å².